The van der Waals surface area contributed by atoms with Crippen molar-refractivity contribution in [2.24, 2.45) is 5.92 Å². The Balaban J connectivity index is 2.88. The number of hydrogen-bond donors (Lipinski definition) is 0. The summed E-state index contributed by atoms with van der Waals surface area (Å²) < 4.78 is 0. The molecule has 0 saturated carbocycles. The molecule has 0 unspecified atom stereocenters. The van der Waals surface area contributed by atoms with Gasteiger partial charge < -0.3 is 4.85 Å². The Hall–Kier alpha value is -0.510. The van der Waals surface area contributed by atoms with Gasteiger partial charge in [0.05, 0.1) is 0 Å². The van der Waals surface area contributed by atoms with Gasteiger partial charge >= 0.3 is 0 Å². The van der Waals surface area contributed by atoms with Gasteiger partial charge in [-0.05, 0) is 0 Å². The summed E-state index contributed by atoms with van der Waals surface area (Å²) >= 11 is 0. The van der Waals surface area contributed by atoms with Gasteiger partial charge in [0.2, 0.25) is 6.54 Å². The van der Waals surface area contributed by atoms with E-state index in [0.717, 1.165) is 0 Å². The molecule has 0 heterocycles. The van der Waals surface area contributed by atoms with Gasteiger partial charge in [0, 0.05) is 5.92 Å². The minimum atomic E-state index is 0.544. The molecule has 0 spiro atoms. The number of hydrogen-bond acceptors (Lipinski definition) is 0. The van der Waals surface area contributed by atoms with Crippen LogP contribution in [0, 0.1) is 12.5 Å². The molecule has 0 aromatic heterocycles. The second-order valence-electron chi connectivity index (χ2n) is 1.73. The van der Waals surface area contributed by atoms with Crippen LogP contribution >= 0.6 is 0 Å². The molecule has 0 bridgehead atoms. The molecule has 0 aliphatic heterocycles. The Morgan fingerprint density at radius 2 is 2.17 bits per heavy atom. The molecule has 0 saturated heterocycles. The molecule has 0 aliphatic rings. The van der Waals surface area contributed by atoms with Crippen LogP contribution in [0.5, 0.6) is 0 Å². The lowest BCUT2D eigenvalue weighted by Gasteiger charge is -1.85. The highest BCUT2D eigenvalue weighted by Crippen LogP contribution is 1.88. The topological polar surface area (TPSA) is 4.36 Å². The molecule has 0 rings (SSSR count). The van der Waals surface area contributed by atoms with Crippen LogP contribution in [0.25, 0.3) is 4.85 Å². The average Bonchev–Trinajstić information content (AvgIpc) is 1.35. The highest BCUT2D eigenvalue weighted by Gasteiger charge is 1.89. The number of rotatable bonds is 1. The first-order chi connectivity index (χ1) is 2.77. The van der Waals surface area contributed by atoms with E-state index in [1.807, 2.05) is 13.8 Å². The Labute approximate surface area is 38.8 Å². The molecular formula is C5H9N. The third-order valence-electron chi connectivity index (χ3n) is 0.456. The van der Waals surface area contributed by atoms with Crippen molar-refractivity contribution in [1.82, 2.24) is 0 Å². The molecule has 6 heavy (non-hydrogen) atoms. The minimum absolute atomic E-state index is 0.544. The van der Waals surface area contributed by atoms with Crippen LogP contribution in [0.3, 0.4) is 0 Å². The average molecular weight is 83.1 g/mol. The summed E-state index contributed by atoms with van der Waals surface area (Å²) in [4.78, 5) is 3.19. The molecule has 0 amide bonds. The summed E-state index contributed by atoms with van der Waals surface area (Å²) in [7, 11) is 0. The van der Waals surface area contributed by atoms with E-state index >= 15 is 0 Å². The van der Waals surface area contributed by atoms with E-state index in [4.69, 9.17) is 6.57 Å². The second kappa shape index (κ2) is 2.71. The van der Waals surface area contributed by atoms with Crippen LogP contribution in [-0.2, 0) is 0 Å². The van der Waals surface area contributed by atoms with Gasteiger partial charge in [-0.2, -0.15) is 0 Å². The maximum Gasteiger partial charge on any atom is 0.216 e. The molecule has 1 heteroatoms. The van der Waals surface area contributed by atoms with E-state index in [0.29, 0.717) is 12.5 Å². The fraction of sp³-hybridized carbons (Fsp3) is 0.800. The van der Waals surface area contributed by atoms with Crippen molar-refractivity contribution in [2.45, 2.75) is 13.8 Å². The molecule has 0 radical (unpaired) electrons. The fourth-order valence-electron chi connectivity index (χ4n) is 0.183. The Morgan fingerprint density at radius 1 is 1.67 bits per heavy atom. The van der Waals surface area contributed by atoms with Crippen molar-refractivity contribution in [3.8, 4) is 0 Å². The van der Waals surface area contributed by atoms with Crippen LogP contribution < -0.4 is 0 Å². The maximum absolute atomic E-state index is 6.36. The molecular weight excluding hydrogens is 74.1 g/mol. The van der Waals surface area contributed by atoms with E-state index in [-0.39, 0.29) is 0 Å². The Kier molecular flexibility index (Phi) is 2.48. The van der Waals surface area contributed by atoms with Crippen molar-refractivity contribution in [3.63, 3.8) is 0 Å². The Morgan fingerprint density at radius 3 is 2.17 bits per heavy atom. The van der Waals surface area contributed by atoms with E-state index in [9.17, 15) is 0 Å². The molecule has 34 valence electrons. The van der Waals surface area contributed by atoms with Gasteiger partial charge in [-0.1, -0.05) is 13.8 Å². The monoisotopic (exact) mass is 83.1 g/mol. The second-order valence-corrected chi connectivity index (χ2v) is 1.73. The lowest BCUT2D eigenvalue weighted by Crippen LogP contribution is -1.86. The molecule has 0 aliphatic carbocycles. The standard InChI is InChI=1S/C5H9N/c1-5(2)4-6-3/h5H,4H2,1-2H3. The van der Waals surface area contributed by atoms with Crippen molar-refractivity contribution in [3.05, 3.63) is 11.4 Å². The van der Waals surface area contributed by atoms with E-state index < -0.39 is 0 Å². The summed E-state index contributed by atoms with van der Waals surface area (Å²) in [5.41, 5.74) is 0. The SMILES string of the molecule is [C-]#[N+]CC(C)C. The first-order valence-electron chi connectivity index (χ1n) is 2.10. The van der Waals surface area contributed by atoms with E-state index in [2.05, 4.69) is 4.85 Å². The highest BCUT2D eigenvalue weighted by atomic mass is 14.6. The zero-order chi connectivity index (χ0) is 4.99. The summed E-state index contributed by atoms with van der Waals surface area (Å²) in [5, 5.41) is 0. The first-order valence-corrected chi connectivity index (χ1v) is 2.10. The maximum atomic E-state index is 6.36. The smallest absolute Gasteiger partial charge is 0.216 e. The summed E-state index contributed by atoms with van der Waals surface area (Å²) in [6.45, 7) is 11.1. The predicted octanol–water partition coefficient (Wildman–Crippen LogP) is 1.56. The molecule has 0 N–H and O–H groups in total. The van der Waals surface area contributed by atoms with E-state index in [1.165, 1.54) is 0 Å². The zero-order valence-electron chi connectivity index (χ0n) is 4.23. The molecule has 0 fully saturated rings. The van der Waals surface area contributed by atoms with Gasteiger partial charge in [-0.15, -0.1) is 0 Å². The molecule has 0 aromatic rings. The van der Waals surface area contributed by atoms with Crippen LogP contribution in [0.4, 0.5) is 0 Å². The van der Waals surface area contributed by atoms with Crippen LogP contribution in [0.2, 0.25) is 0 Å². The van der Waals surface area contributed by atoms with Crippen molar-refractivity contribution < 1.29 is 0 Å². The largest absolute Gasteiger partial charge is 0.317 e. The minimum Gasteiger partial charge on any atom is -0.317 e. The quantitative estimate of drug-likeness (QED) is 0.424. The van der Waals surface area contributed by atoms with Gasteiger partial charge in [0.15, 0.2) is 0 Å². The van der Waals surface area contributed by atoms with Crippen LogP contribution in [0.1, 0.15) is 13.8 Å². The molecule has 0 atom stereocenters. The summed E-state index contributed by atoms with van der Waals surface area (Å²) in [6, 6.07) is 0. The fourth-order valence-corrected chi connectivity index (χ4v) is 0.183. The lowest BCUT2D eigenvalue weighted by molar-refractivity contribution is 0.711. The molecule has 1 nitrogen and oxygen atoms in total. The van der Waals surface area contributed by atoms with Gasteiger partial charge in [0.1, 0.15) is 0 Å². The third kappa shape index (κ3) is 3.49. The third-order valence-corrected chi connectivity index (χ3v) is 0.456. The van der Waals surface area contributed by atoms with Gasteiger partial charge in [-0.25, -0.2) is 6.57 Å². The van der Waals surface area contributed by atoms with Crippen molar-refractivity contribution in [2.75, 3.05) is 6.54 Å². The van der Waals surface area contributed by atoms with Gasteiger partial charge in [-0.3, -0.25) is 0 Å². The van der Waals surface area contributed by atoms with Crippen molar-refractivity contribution in [1.29, 1.82) is 0 Å². The zero-order valence-corrected chi connectivity index (χ0v) is 4.23. The van der Waals surface area contributed by atoms with Gasteiger partial charge in [0.25, 0.3) is 0 Å². The summed E-state index contributed by atoms with van der Waals surface area (Å²) in [6.07, 6.45) is 0. The number of nitrogens with zero attached hydrogens (tertiary/aromatic N) is 1. The predicted molar refractivity (Wildman–Crippen MR) is 26.3 cm³/mol. The normalized spacial score (nSPS) is 8.33. The first kappa shape index (κ1) is 5.49. The van der Waals surface area contributed by atoms with Crippen LogP contribution in [0.15, 0.2) is 0 Å². The van der Waals surface area contributed by atoms with Crippen molar-refractivity contribution >= 4 is 0 Å². The van der Waals surface area contributed by atoms with E-state index in [1.54, 1.807) is 0 Å². The molecule has 0 aromatic carbocycles. The highest BCUT2D eigenvalue weighted by molar-refractivity contribution is 4.60. The lowest BCUT2D eigenvalue weighted by atomic mass is 10.2. The van der Waals surface area contributed by atoms with Crippen LogP contribution in [-0.4, -0.2) is 6.54 Å². The summed E-state index contributed by atoms with van der Waals surface area (Å²) in [5.74, 6) is 0.544. The Bertz CT molecular complexity index is 58.8.